The van der Waals surface area contributed by atoms with Crippen molar-refractivity contribution in [1.29, 1.82) is 0 Å². The SMILES string of the molecule is O=C1OC2(CCN(C(=O)c3cn(CC4CN(Cc5ccccc5)CCO4)c4cc(Cl)ccc34)CC2)c2ccc(F)cc21. The number of carbonyl (C=O) groups excluding carboxylic acids is 2. The number of piperidine rings is 1. The van der Waals surface area contributed by atoms with Gasteiger partial charge in [0.1, 0.15) is 11.4 Å². The second kappa shape index (κ2) is 10.8. The van der Waals surface area contributed by atoms with Gasteiger partial charge in [-0.05, 0) is 29.8 Å². The third-order valence-electron chi connectivity index (χ3n) is 8.79. The lowest BCUT2D eigenvalue weighted by molar-refractivity contribution is -0.0394. The highest BCUT2D eigenvalue weighted by atomic mass is 35.5. The number of hydrogen-bond acceptors (Lipinski definition) is 5. The molecule has 0 saturated carbocycles. The molecular weight excluding hydrogens is 557 g/mol. The highest BCUT2D eigenvalue weighted by Gasteiger charge is 2.48. The van der Waals surface area contributed by atoms with E-state index in [1.807, 2.05) is 35.4 Å². The lowest BCUT2D eigenvalue weighted by Gasteiger charge is -2.38. The van der Waals surface area contributed by atoms with Gasteiger partial charge in [0.2, 0.25) is 0 Å². The molecule has 0 radical (unpaired) electrons. The Morgan fingerprint density at radius 1 is 1.02 bits per heavy atom. The summed E-state index contributed by atoms with van der Waals surface area (Å²) >= 11 is 6.40. The van der Waals surface area contributed by atoms with Crippen molar-refractivity contribution < 1.29 is 23.5 Å². The highest BCUT2D eigenvalue weighted by Crippen LogP contribution is 2.44. The highest BCUT2D eigenvalue weighted by molar-refractivity contribution is 6.31. The summed E-state index contributed by atoms with van der Waals surface area (Å²) in [7, 11) is 0. The van der Waals surface area contributed by atoms with Gasteiger partial charge < -0.3 is 18.9 Å². The standard InChI is InChI=1S/C33H31ClFN3O4/c34-23-6-8-26-28(31(39)37-12-10-33(11-13-37)29-9-7-24(35)17-27(29)32(40)42-33)21-38(30(26)16-23)20-25-19-36(14-15-41-25)18-22-4-2-1-3-5-22/h1-9,16-17,21,25H,10-15,18-20H2. The average Bonchev–Trinajstić information content (AvgIpc) is 3.47. The van der Waals surface area contributed by atoms with Crippen molar-refractivity contribution in [2.24, 2.45) is 0 Å². The molecule has 1 unspecified atom stereocenters. The molecule has 3 aliphatic heterocycles. The Kier molecular flexibility index (Phi) is 7.00. The molecule has 216 valence electrons. The summed E-state index contributed by atoms with van der Waals surface area (Å²) in [6, 6.07) is 20.3. The Morgan fingerprint density at radius 2 is 1.83 bits per heavy atom. The van der Waals surface area contributed by atoms with Crippen molar-refractivity contribution >= 4 is 34.4 Å². The summed E-state index contributed by atoms with van der Waals surface area (Å²) in [6.45, 7) is 4.62. The summed E-state index contributed by atoms with van der Waals surface area (Å²) in [6.07, 6.45) is 2.80. The number of rotatable bonds is 5. The summed E-state index contributed by atoms with van der Waals surface area (Å²) in [5.41, 5.74) is 2.95. The number of benzene rings is 3. The number of ether oxygens (including phenoxy) is 2. The molecule has 7 nitrogen and oxygen atoms in total. The largest absolute Gasteiger partial charge is 0.450 e. The fourth-order valence-corrected chi connectivity index (χ4v) is 6.83. The van der Waals surface area contributed by atoms with Crippen LogP contribution in [0.4, 0.5) is 4.39 Å². The van der Waals surface area contributed by atoms with E-state index in [0.29, 0.717) is 55.2 Å². The number of nitrogens with zero attached hydrogens (tertiary/aromatic N) is 3. The number of likely N-dealkylation sites (tertiary alicyclic amines) is 1. The molecule has 2 fully saturated rings. The number of halogens is 2. The van der Waals surface area contributed by atoms with Crippen LogP contribution in [0.3, 0.4) is 0 Å². The molecular formula is C33H31ClFN3O4. The van der Waals surface area contributed by atoms with Crippen molar-refractivity contribution in [2.75, 3.05) is 32.8 Å². The first kappa shape index (κ1) is 27.1. The number of carbonyl (C=O) groups is 2. The van der Waals surface area contributed by atoms with Crippen LogP contribution in [-0.4, -0.2) is 65.1 Å². The van der Waals surface area contributed by atoms with Gasteiger partial charge in [-0.25, -0.2) is 9.18 Å². The van der Waals surface area contributed by atoms with E-state index in [1.54, 1.807) is 6.07 Å². The molecule has 4 heterocycles. The predicted octanol–water partition coefficient (Wildman–Crippen LogP) is 5.64. The monoisotopic (exact) mass is 587 g/mol. The maximum absolute atomic E-state index is 13.9. The molecule has 1 aromatic heterocycles. The van der Waals surface area contributed by atoms with Crippen LogP contribution in [0.25, 0.3) is 10.9 Å². The first-order valence-corrected chi connectivity index (χ1v) is 14.8. The van der Waals surface area contributed by atoms with Crippen LogP contribution in [0.5, 0.6) is 0 Å². The zero-order valence-electron chi connectivity index (χ0n) is 23.1. The molecule has 3 aromatic carbocycles. The smallest absolute Gasteiger partial charge is 0.339 e. The fourth-order valence-electron chi connectivity index (χ4n) is 6.66. The fraction of sp³-hybridized carbons (Fsp3) is 0.333. The number of esters is 1. The molecule has 0 bridgehead atoms. The van der Waals surface area contributed by atoms with Crippen molar-refractivity contribution in [2.45, 2.75) is 37.6 Å². The quantitative estimate of drug-likeness (QED) is 0.283. The molecule has 4 aromatic rings. The van der Waals surface area contributed by atoms with E-state index in [9.17, 15) is 14.0 Å². The predicted molar refractivity (Wildman–Crippen MR) is 157 cm³/mol. The van der Waals surface area contributed by atoms with Crippen molar-refractivity contribution in [1.82, 2.24) is 14.4 Å². The van der Waals surface area contributed by atoms with Crippen LogP contribution in [0, 0.1) is 5.82 Å². The molecule has 1 spiro atoms. The first-order valence-electron chi connectivity index (χ1n) is 14.4. The third-order valence-corrected chi connectivity index (χ3v) is 9.02. The van der Waals surface area contributed by atoms with E-state index in [4.69, 9.17) is 21.1 Å². The molecule has 0 N–H and O–H groups in total. The number of aromatic nitrogens is 1. The maximum atomic E-state index is 13.9. The van der Waals surface area contributed by atoms with E-state index in [2.05, 4.69) is 33.7 Å². The number of amides is 1. The normalized spacial score (nSPS) is 20.2. The van der Waals surface area contributed by atoms with E-state index in [1.165, 1.54) is 17.7 Å². The third kappa shape index (κ3) is 4.97. The van der Waals surface area contributed by atoms with Gasteiger partial charge in [0.15, 0.2) is 0 Å². The van der Waals surface area contributed by atoms with Crippen LogP contribution in [0.15, 0.2) is 72.9 Å². The lowest BCUT2D eigenvalue weighted by Crippen LogP contribution is -2.45. The zero-order valence-corrected chi connectivity index (χ0v) is 23.9. The summed E-state index contributed by atoms with van der Waals surface area (Å²) in [5.74, 6) is -1.04. The maximum Gasteiger partial charge on any atom is 0.339 e. The van der Waals surface area contributed by atoms with Gasteiger partial charge in [-0.3, -0.25) is 9.69 Å². The van der Waals surface area contributed by atoms with Gasteiger partial charge in [-0.1, -0.05) is 54.1 Å². The molecule has 2 saturated heterocycles. The van der Waals surface area contributed by atoms with Crippen LogP contribution in [0.1, 0.15) is 44.7 Å². The molecule has 7 rings (SSSR count). The van der Waals surface area contributed by atoms with Crippen molar-refractivity contribution in [3.63, 3.8) is 0 Å². The van der Waals surface area contributed by atoms with Gasteiger partial charge in [0.05, 0.1) is 35.9 Å². The van der Waals surface area contributed by atoms with Crippen LogP contribution < -0.4 is 0 Å². The molecule has 42 heavy (non-hydrogen) atoms. The van der Waals surface area contributed by atoms with Gasteiger partial charge in [0.25, 0.3) is 5.91 Å². The number of hydrogen-bond donors (Lipinski definition) is 0. The minimum atomic E-state index is -0.817. The van der Waals surface area contributed by atoms with Gasteiger partial charge in [0, 0.05) is 67.7 Å². The second-order valence-electron chi connectivity index (χ2n) is 11.4. The Bertz CT molecular complexity index is 1660. The molecule has 3 aliphatic rings. The minimum Gasteiger partial charge on any atom is -0.450 e. The lowest BCUT2D eigenvalue weighted by atomic mass is 9.83. The number of fused-ring (bicyclic) bond motifs is 3. The Morgan fingerprint density at radius 3 is 2.64 bits per heavy atom. The van der Waals surface area contributed by atoms with E-state index in [-0.39, 0.29) is 17.6 Å². The van der Waals surface area contributed by atoms with Crippen molar-refractivity contribution in [3.05, 3.63) is 106 Å². The van der Waals surface area contributed by atoms with E-state index in [0.717, 1.165) is 30.5 Å². The van der Waals surface area contributed by atoms with Gasteiger partial charge in [-0.2, -0.15) is 0 Å². The second-order valence-corrected chi connectivity index (χ2v) is 11.9. The Balaban J connectivity index is 1.09. The van der Waals surface area contributed by atoms with Gasteiger partial charge in [-0.15, -0.1) is 0 Å². The number of morpholine rings is 1. The van der Waals surface area contributed by atoms with E-state index >= 15 is 0 Å². The average molecular weight is 588 g/mol. The summed E-state index contributed by atoms with van der Waals surface area (Å²) < 4.78 is 27.8. The van der Waals surface area contributed by atoms with E-state index < -0.39 is 17.4 Å². The topological polar surface area (TPSA) is 64.0 Å². The van der Waals surface area contributed by atoms with Crippen LogP contribution in [-0.2, 0) is 28.2 Å². The molecule has 9 heteroatoms. The molecule has 0 aliphatic carbocycles. The minimum absolute atomic E-state index is 0.0307. The zero-order chi connectivity index (χ0) is 28.8. The molecule has 1 amide bonds. The van der Waals surface area contributed by atoms with Crippen molar-refractivity contribution in [3.8, 4) is 0 Å². The first-order chi connectivity index (χ1) is 20.4. The van der Waals surface area contributed by atoms with Crippen LogP contribution in [0.2, 0.25) is 5.02 Å². The summed E-state index contributed by atoms with van der Waals surface area (Å²) in [5, 5.41) is 1.45. The van der Waals surface area contributed by atoms with Crippen LogP contribution >= 0.6 is 11.6 Å². The van der Waals surface area contributed by atoms with Gasteiger partial charge >= 0.3 is 5.97 Å². The Hall–Kier alpha value is -3.72. The molecule has 1 atom stereocenters. The Labute approximate surface area is 248 Å². The summed E-state index contributed by atoms with van der Waals surface area (Å²) in [4.78, 5) is 30.6.